The summed E-state index contributed by atoms with van der Waals surface area (Å²) in [7, 11) is 0. The predicted octanol–water partition coefficient (Wildman–Crippen LogP) is 3.87. The Labute approximate surface area is 236 Å². The second-order valence-corrected chi connectivity index (χ2v) is 10.2. The number of pyridine rings is 1. The van der Waals surface area contributed by atoms with E-state index >= 15 is 0 Å². The molecule has 4 aromatic rings. The van der Waals surface area contributed by atoms with Gasteiger partial charge in [-0.2, -0.15) is 13.2 Å². The predicted molar refractivity (Wildman–Crippen MR) is 139 cm³/mol. The number of halogens is 4. The lowest BCUT2D eigenvalue weighted by Gasteiger charge is -2.31. The summed E-state index contributed by atoms with van der Waals surface area (Å²) in [6, 6.07) is 3.91. The number of anilines is 1. The van der Waals surface area contributed by atoms with Crippen LogP contribution in [0.15, 0.2) is 36.9 Å². The number of ether oxygens (including phenoxy) is 3. The molecule has 42 heavy (non-hydrogen) atoms. The third-order valence-corrected chi connectivity index (χ3v) is 7.66. The van der Waals surface area contributed by atoms with Crippen molar-refractivity contribution >= 4 is 17.4 Å². The van der Waals surface area contributed by atoms with Gasteiger partial charge in [0, 0.05) is 60.7 Å². The molecule has 1 N–H and O–H groups in total. The highest BCUT2D eigenvalue weighted by molar-refractivity contribution is 6.04. The molecular formula is C28H24F4N6O4. The van der Waals surface area contributed by atoms with Crippen LogP contribution in [0.4, 0.5) is 23.5 Å². The first kappa shape index (κ1) is 26.6. The Kier molecular flexibility index (Phi) is 6.46. The van der Waals surface area contributed by atoms with Gasteiger partial charge < -0.3 is 24.4 Å². The molecule has 1 unspecified atom stereocenters. The molecule has 3 aliphatic rings. The Balaban J connectivity index is 1.32. The lowest BCUT2D eigenvalue weighted by atomic mass is 9.98. The van der Waals surface area contributed by atoms with Crippen LogP contribution in [-0.2, 0) is 35.2 Å². The van der Waals surface area contributed by atoms with Crippen molar-refractivity contribution in [3.8, 4) is 16.9 Å². The molecule has 14 heteroatoms. The molecule has 3 aliphatic heterocycles. The SMILES string of the molecule is O=C1c2ncn3c(NCc4c(F)ccc5c4CCO5)ncc(c23)-c2cnc(C(F)(F)F)cc2CN1CC1COCCO1. The molecule has 1 amide bonds. The van der Waals surface area contributed by atoms with Gasteiger partial charge in [0.25, 0.3) is 5.91 Å². The minimum absolute atomic E-state index is 0.0828. The molecule has 10 nitrogen and oxygen atoms in total. The molecule has 1 fully saturated rings. The lowest BCUT2D eigenvalue weighted by molar-refractivity contribution is -0.141. The number of imidazole rings is 1. The monoisotopic (exact) mass is 584 g/mol. The van der Waals surface area contributed by atoms with Crippen LogP contribution >= 0.6 is 0 Å². The summed E-state index contributed by atoms with van der Waals surface area (Å²) in [6.07, 6.45) is -0.522. The molecule has 0 saturated carbocycles. The summed E-state index contributed by atoms with van der Waals surface area (Å²) in [5.74, 6) is 0.0357. The smallest absolute Gasteiger partial charge is 0.433 e. The van der Waals surface area contributed by atoms with Gasteiger partial charge in [-0.1, -0.05) is 0 Å². The summed E-state index contributed by atoms with van der Waals surface area (Å²) in [5.41, 5.74) is 1.62. The molecule has 0 aliphatic carbocycles. The van der Waals surface area contributed by atoms with Gasteiger partial charge in [0.1, 0.15) is 23.6 Å². The molecule has 218 valence electrons. The van der Waals surface area contributed by atoms with Crippen molar-refractivity contribution in [1.29, 1.82) is 0 Å². The minimum atomic E-state index is -4.67. The average Bonchev–Trinajstić information content (AvgIpc) is 3.64. The molecule has 0 spiro atoms. The quantitative estimate of drug-likeness (QED) is 0.353. The molecule has 3 aromatic heterocycles. The van der Waals surface area contributed by atoms with Crippen LogP contribution in [-0.4, -0.2) is 69.2 Å². The maximum Gasteiger partial charge on any atom is 0.433 e. The van der Waals surface area contributed by atoms with Crippen LogP contribution in [0.1, 0.15) is 32.9 Å². The fourth-order valence-corrected chi connectivity index (χ4v) is 5.66. The minimum Gasteiger partial charge on any atom is -0.493 e. The highest BCUT2D eigenvalue weighted by atomic mass is 19.4. The number of carbonyl (C=O) groups excluding carboxylic acids is 1. The van der Waals surface area contributed by atoms with Gasteiger partial charge >= 0.3 is 6.18 Å². The summed E-state index contributed by atoms with van der Waals surface area (Å²) in [5, 5.41) is 3.13. The van der Waals surface area contributed by atoms with Gasteiger partial charge in [-0.25, -0.2) is 14.4 Å². The number of carbonyl (C=O) groups is 1. The van der Waals surface area contributed by atoms with E-state index in [2.05, 4.69) is 20.3 Å². The largest absolute Gasteiger partial charge is 0.493 e. The van der Waals surface area contributed by atoms with Crippen LogP contribution in [0.2, 0.25) is 0 Å². The highest BCUT2D eigenvalue weighted by Crippen LogP contribution is 2.37. The van der Waals surface area contributed by atoms with Crippen molar-refractivity contribution in [3.63, 3.8) is 0 Å². The first-order valence-electron chi connectivity index (χ1n) is 13.4. The number of nitrogens with one attached hydrogen (secondary N) is 1. The molecule has 1 aromatic carbocycles. The second-order valence-electron chi connectivity index (χ2n) is 10.2. The van der Waals surface area contributed by atoms with Crippen molar-refractivity contribution in [3.05, 3.63) is 70.8 Å². The van der Waals surface area contributed by atoms with Gasteiger partial charge in [0.05, 0.1) is 38.0 Å². The van der Waals surface area contributed by atoms with Crippen molar-refractivity contribution in [2.45, 2.75) is 31.8 Å². The Hall–Kier alpha value is -4.30. The molecule has 7 rings (SSSR count). The van der Waals surface area contributed by atoms with Crippen LogP contribution in [0, 0.1) is 5.82 Å². The van der Waals surface area contributed by atoms with Crippen molar-refractivity contribution in [2.75, 3.05) is 38.3 Å². The fraction of sp³-hybridized carbons (Fsp3) is 0.357. The average molecular weight is 585 g/mol. The van der Waals surface area contributed by atoms with E-state index in [0.29, 0.717) is 54.2 Å². The first-order chi connectivity index (χ1) is 20.3. The third-order valence-electron chi connectivity index (χ3n) is 7.66. The topological polar surface area (TPSA) is 103 Å². The molecule has 1 atom stereocenters. The van der Waals surface area contributed by atoms with E-state index < -0.39 is 23.9 Å². The Bertz CT molecular complexity index is 1700. The summed E-state index contributed by atoms with van der Waals surface area (Å²) in [4.78, 5) is 27.9. The van der Waals surface area contributed by atoms with Crippen LogP contribution in [0.25, 0.3) is 16.6 Å². The van der Waals surface area contributed by atoms with Crippen molar-refractivity contribution < 1.29 is 36.6 Å². The van der Waals surface area contributed by atoms with Crippen molar-refractivity contribution in [1.82, 2.24) is 24.3 Å². The zero-order chi connectivity index (χ0) is 29.0. The van der Waals surface area contributed by atoms with E-state index in [1.54, 1.807) is 10.5 Å². The number of amides is 1. The van der Waals surface area contributed by atoms with Gasteiger partial charge in [0.2, 0.25) is 5.95 Å². The lowest BCUT2D eigenvalue weighted by Crippen LogP contribution is -2.43. The number of benzene rings is 1. The number of fused-ring (bicyclic) bond motifs is 3. The van der Waals surface area contributed by atoms with Crippen LogP contribution in [0.3, 0.4) is 0 Å². The molecule has 1 saturated heterocycles. The first-order valence-corrected chi connectivity index (χ1v) is 13.4. The van der Waals surface area contributed by atoms with E-state index in [1.165, 1.54) is 23.5 Å². The Morgan fingerprint density at radius 3 is 2.74 bits per heavy atom. The van der Waals surface area contributed by atoms with Crippen LogP contribution in [0.5, 0.6) is 5.75 Å². The number of hydrogen-bond donors (Lipinski definition) is 1. The van der Waals surface area contributed by atoms with E-state index in [0.717, 1.165) is 17.8 Å². The van der Waals surface area contributed by atoms with Gasteiger partial charge in [-0.3, -0.25) is 14.2 Å². The summed E-state index contributed by atoms with van der Waals surface area (Å²) < 4.78 is 74.0. The summed E-state index contributed by atoms with van der Waals surface area (Å²) in [6.45, 7) is 1.53. The fourth-order valence-electron chi connectivity index (χ4n) is 5.66. The Morgan fingerprint density at radius 2 is 1.93 bits per heavy atom. The highest BCUT2D eigenvalue weighted by Gasteiger charge is 2.36. The number of nitrogens with zero attached hydrogens (tertiary/aromatic N) is 5. The molecule has 0 radical (unpaired) electrons. The normalized spacial score (nSPS) is 18.3. The standard InChI is InChI=1S/C28H24F4N6O4/c29-21-1-2-22-17(3-4-42-22)19(21)9-34-27-35-10-20-18-8-33-23(28(30,31)32)7-15(18)11-37(12-16-13-40-5-6-41-16)26(39)24-25(20)38(27)14-36-24/h1-2,7-8,10,14,16H,3-6,9,11-13H2,(H,34,35). The number of hydrogen-bond acceptors (Lipinski definition) is 8. The Morgan fingerprint density at radius 1 is 1.07 bits per heavy atom. The van der Waals surface area contributed by atoms with E-state index in [4.69, 9.17) is 14.2 Å². The van der Waals surface area contributed by atoms with E-state index in [1.807, 2.05) is 0 Å². The van der Waals surface area contributed by atoms with E-state index in [-0.39, 0.29) is 49.3 Å². The molecule has 0 bridgehead atoms. The number of rotatable bonds is 5. The van der Waals surface area contributed by atoms with Gasteiger partial charge in [-0.15, -0.1) is 0 Å². The van der Waals surface area contributed by atoms with Crippen LogP contribution < -0.4 is 10.1 Å². The maximum absolute atomic E-state index is 14.8. The van der Waals surface area contributed by atoms with Crippen molar-refractivity contribution in [2.24, 2.45) is 0 Å². The zero-order valence-electron chi connectivity index (χ0n) is 22.1. The molecular weight excluding hydrogens is 560 g/mol. The summed E-state index contributed by atoms with van der Waals surface area (Å²) >= 11 is 0. The number of aromatic nitrogens is 4. The van der Waals surface area contributed by atoms with Gasteiger partial charge in [-0.05, 0) is 23.8 Å². The number of alkyl halides is 3. The maximum atomic E-state index is 14.8. The molecule has 6 heterocycles. The zero-order valence-corrected chi connectivity index (χ0v) is 22.1. The third kappa shape index (κ3) is 4.60. The van der Waals surface area contributed by atoms with Gasteiger partial charge in [0.15, 0.2) is 5.69 Å². The van der Waals surface area contributed by atoms with E-state index in [9.17, 15) is 22.4 Å². The second kappa shape index (κ2) is 10.2.